The van der Waals surface area contributed by atoms with Gasteiger partial charge in [0.25, 0.3) is 5.91 Å². The highest BCUT2D eigenvalue weighted by Gasteiger charge is 2.48. The zero-order valence-electron chi connectivity index (χ0n) is 11.3. The lowest BCUT2D eigenvalue weighted by Crippen LogP contribution is -2.30. The summed E-state index contributed by atoms with van der Waals surface area (Å²) >= 11 is 0. The summed E-state index contributed by atoms with van der Waals surface area (Å²) in [6.45, 7) is 0.906. The van der Waals surface area contributed by atoms with Crippen LogP contribution < -0.4 is 0 Å². The molecule has 2 atom stereocenters. The van der Waals surface area contributed by atoms with Crippen LogP contribution in [0.2, 0.25) is 0 Å². The van der Waals surface area contributed by atoms with Crippen molar-refractivity contribution < 1.29 is 4.79 Å². The maximum atomic E-state index is 12.6. The molecule has 0 aromatic heterocycles. The van der Waals surface area contributed by atoms with Crippen molar-refractivity contribution >= 4 is 11.6 Å². The third kappa shape index (κ3) is 2.63. The van der Waals surface area contributed by atoms with Crippen LogP contribution in [0.15, 0.2) is 28.4 Å². The third-order valence-corrected chi connectivity index (χ3v) is 3.99. The highest BCUT2D eigenvalue weighted by molar-refractivity contribution is 5.96. The van der Waals surface area contributed by atoms with Gasteiger partial charge < -0.3 is 4.90 Å². The molecule has 21 heavy (non-hydrogen) atoms. The molecule has 106 valence electrons. The molecule has 2 unspecified atom stereocenters. The Morgan fingerprint density at radius 3 is 2.81 bits per heavy atom. The average Bonchev–Trinajstić information content (AvgIpc) is 3.15. The summed E-state index contributed by atoms with van der Waals surface area (Å²) in [5.41, 5.74) is 18.5. The Morgan fingerprint density at radius 1 is 1.33 bits per heavy atom. The number of likely N-dealkylation sites (tertiary alicyclic amines) is 1. The van der Waals surface area contributed by atoms with Crippen molar-refractivity contribution in [1.29, 1.82) is 0 Å². The minimum absolute atomic E-state index is 0.0443. The van der Waals surface area contributed by atoms with Gasteiger partial charge in [-0.2, -0.15) is 0 Å². The zero-order valence-corrected chi connectivity index (χ0v) is 11.3. The summed E-state index contributed by atoms with van der Waals surface area (Å²) in [7, 11) is 0. The molecule has 1 aliphatic carbocycles. The number of rotatable bonds is 4. The molecule has 0 radical (unpaired) electrons. The number of carbonyl (C=O) groups excluding carboxylic acids is 1. The molecule has 3 rings (SSSR count). The molecule has 8 nitrogen and oxygen atoms in total. The van der Waals surface area contributed by atoms with Crippen LogP contribution in [0.4, 0.5) is 5.69 Å². The highest BCUT2D eigenvalue weighted by atomic mass is 16.2. The van der Waals surface area contributed by atoms with Crippen LogP contribution in [-0.2, 0) is 6.54 Å². The number of hydrogen-bond acceptors (Lipinski definition) is 3. The highest BCUT2D eigenvalue weighted by Crippen LogP contribution is 2.45. The number of carbonyl (C=O) groups is 1. The van der Waals surface area contributed by atoms with Crippen molar-refractivity contribution in [3.63, 3.8) is 0 Å². The maximum absolute atomic E-state index is 12.6. The van der Waals surface area contributed by atoms with Gasteiger partial charge in [0.1, 0.15) is 0 Å². The summed E-state index contributed by atoms with van der Waals surface area (Å²) < 4.78 is 0. The van der Waals surface area contributed by atoms with Gasteiger partial charge in [0.2, 0.25) is 0 Å². The van der Waals surface area contributed by atoms with Crippen molar-refractivity contribution in [3.05, 3.63) is 50.2 Å². The van der Waals surface area contributed by atoms with Crippen LogP contribution in [0.5, 0.6) is 0 Å². The number of amides is 1. The van der Waals surface area contributed by atoms with Gasteiger partial charge in [-0.05, 0) is 53.6 Å². The summed E-state index contributed by atoms with van der Waals surface area (Å²) in [6, 6.07) is 5.27. The number of piperidine rings is 1. The van der Waals surface area contributed by atoms with E-state index < -0.39 is 0 Å². The number of hydrogen-bond donors (Lipinski definition) is 0. The SMILES string of the molecule is [N-]=[N+]=NCc1cc(N=[N+]=[N-])cc(C(=O)N2CCC3CC32)c1. The van der Waals surface area contributed by atoms with Gasteiger partial charge in [-0.1, -0.05) is 10.2 Å². The lowest BCUT2D eigenvalue weighted by molar-refractivity contribution is 0.0768. The fourth-order valence-electron chi connectivity index (χ4n) is 2.92. The first-order chi connectivity index (χ1) is 10.2. The third-order valence-electron chi connectivity index (χ3n) is 3.99. The van der Waals surface area contributed by atoms with Gasteiger partial charge in [0.15, 0.2) is 0 Å². The smallest absolute Gasteiger partial charge is 0.254 e. The lowest BCUT2D eigenvalue weighted by atomic mass is 10.1. The van der Waals surface area contributed by atoms with Gasteiger partial charge >= 0.3 is 0 Å². The van der Waals surface area contributed by atoms with E-state index in [4.69, 9.17) is 11.1 Å². The van der Waals surface area contributed by atoms with E-state index >= 15 is 0 Å². The number of benzene rings is 1. The predicted molar refractivity (Wildman–Crippen MR) is 75.6 cm³/mol. The summed E-state index contributed by atoms with van der Waals surface area (Å²) in [5.74, 6) is 0.620. The molecular weight excluding hydrogens is 270 g/mol. The lowest BCUT2D eigenvalue weighted by Gasteiger charge is -2.18. The molecule has 0 bridgehead atoms. The largest absolute Gasteiger partial charge is 0.335 e. The van der Waals surface area contributed by atoms with Crippen LogP contribution in [0.25, 0.3) is 20.9 Å². The molecule has 0 spiro atoms. The quantitative estimate of drug-likeness (QED) is 0.467. The van der Waals surface area contributed by atoms with Gasteiger partial charge in [0, 0.05) is 33.7 Å². The maximum Gasteiger partial charge on any atom is 0.254 e. The predicted octanol–water partition coefficient (Wildman–Crippen LogP) is 3.67. The van der Waals surface area contributed by atoms with Crippen molar-refractivity contribution in [2.24, 2.45) is 16.1 Å². The Labute approximate surface area is 120 Å². The standard InChI is InChI=1S/C13H13N7O/c14-18-16-7-8-3-10(5-11(4-8)17-19-15)13(21)20-2-1-9-6-12(9)20/h3-5,9,12H,1-2,6-7H2. The number of azide groups is 2. The Kier molecular flexibility index (Phi) is 3.39. The van der Waals surface area contributed by atoms with E-state index in [-0.39, 0.29) is 12.5 Å². The molecule has 1 saturated carbocycles. The van der Waals surface area contributed by atoms with E-state index in [1.165, 1.54) is 0 Å². The van der Waals surface area contributed by atoms with E-state index in [9.17, 15) is 4.79 Å². The van der Waals surface area contributed by atoms with Crippen molar-refractivity contribution in [1.82, 2.24) is 4.90 Å². The van der Waals surface area contributed by atoms with E-state index in [1.807, 2.05) is 4.90 Å². The average molecular weight is 283 g/mol. The van der Waals surface area contributed by atoms with Crippen LogP contribution in [0, 0.1) is 5.92 Å². The molecular formula is C13H13N7O. The molecule has 1 aromatic carbocycles. The van der Waals surface area contributed by atoms with Gasteiger partial charge in [-0.25, -0.2) is 0 Å². The van der Waals surface area contributed by atoms with Crippen molar-refractivity contribution in [2.75, 3.05) is 6.54 Å². The number of fused-ring (bicyclic) bond motifs is 1. The molecule has 1 heterocycles. The molecule has 1 aromatic rings. The van der Waals surface area contributed by atoms with E-state index in [1.54, 1.807) is 18.2 Å². The molecule has 1 saturated heterocycles. The monoisotopic (exact) mass is 283 g/mol. The van der Waals surface area contributed by atoms with Gasteiger partial charge in [-0.3, -0.25) is 4.79 Å². The number of nitrogens with zero attached hydrogens (tertiary/aromatic N) is 7. The van der Waals surface area contributed by atoms with E-state index in [0.717, 1.165) is 19.4 Å². The molecule has 8 heteroatoms. The second-order valence-electron chi connectivity index (χ2n) is 5.32. The summed E-state index contributed by atoms with van der Waals surface area (Å²) in [5, 5.41) is 7.03. The summed E-state index contributed by atoms with van der Waals surface area (Å²) in [6.07, 6.45) is 2.16. The molecule has 1 aliphatic heterocycles. The fraction of sp³-hybridized carbons (Fsp3) is 0.462. The topological polar surface area (TPSA) is 118 Å². The van der Waals surface area contributed by atoms with Crippen LogP contribution in [0.1, 0.15) is 28.8 Å². The fourth-order valence-corrected chi connectivity index (χ4v) is 2.92. The van der Waals surface area contributed by atoms with Crippen molar-refractivity contribution in [3.8, 4) is 0 Å². The Morgan fingerprint density at radius 2 is 2.19 bits per heavy atom. The van der Waals surface area contributed by atoms with Crippen molar-refractivity contribution in [2.45, 2.75) is 25.4 Å². The van der Waals surface area contributed by atoms with Gasteiger partial charge in [-0.15, -0.1) is 0 Å². The normalized spacial score (nSPS) is 22.0. The second kappa shape index (κ2) is 5.36. The minimum Gasteiger partial charge on any atom is -0.335 e. The van der Waals surface area contributed by atoms with Crippen LogP contribution in [0.3, 0.4) is 0 Å². The Hall–Kier alpha value is -2.69. The van der Waals surface area contributed by atoms with Crippen LogP contribution in [-0.4, -0.2) is 23.4 Å². The van der Waals surface area contributed by atoms with Gasteiger partial charge in [0.05, 0.1) is 6.54 Å². The first-order valence-electron chi connectivity index (χ1n) is 6.74. The molecule has 1 amide bonds. The Bertz CT molecular complexity index is 688. The first kappa shape index (κ1) is 13.3. The second-order valence-corrected chi connectivity index (χ2v) is 5.32. The molecule has 2 aliphatic rings. The van der Waals surface area contributed by atoms with E-state index in [0.29, 0.717) is 28.8 Å². The van der Waals surface area contributed by atoms with Crippen LogP contribution >= 0.6 is 0 Å². The minimum atomic E-state index is -0.0443. The molecule has 2 fully saturated rings. The molecule has 0 N–H and O–H groups in total. The summed E-state index contributed by atoms with van der Waals surface area (Å²) in [4.78, 5) is 19.9. The first-order valence-corrected chi connectivity index (χ1v) is 6.74. The Balaban J connectivity index is 1.91. The van der Waals surface area contributed by atoms with E-state index in [2.05, 4.69) is 20.1 Å². The zero-order chi connectivity index (χ0) is 14.8.